The molecule has 1 aromatic rings. The molecule has 21 heavy (non-hydrogen) atoms. The van der Waals surface area contributed by atoms with E-state index in [1.54, 1.807) is 0 Å². The van der Waals surface area contributed by atoms with Crippen molar-refractivity contribution in [1.29, 1.82) is 0 Å². The van der Waals surface area contributed by atoms with Crippen LogP contribution in [0.5, 0.6) is 0 Å². The first-order valence-corrected chi connectivity index (χ1v) is 8.16. The van der Waals surface area contributed by atoms with Gasteiger partial charge in [0.15, 0.2) is 0 Å². The minimum absolute atomic E-state index is 0.0565. The average molecular weight is 288 g/mol. The molecule has 1 saturated carbocycles. The van der Waals surface area contributed by atoms with Crippen molar-refractivity contribution in [2.24, 2.45) is 11.8 Å². The highest BCUT2D eigenvalue weighted by atomic mass is 16.1. The van der Waals surface area contributed by atoms with Crippen LogP contribution in [0.15, 0.2) is 18.2 Å². The topological polar surface area (TPSA) is 41.1 Å². The van der Waals surface area contributed by atoms with Crippen LogP contribution < -0.4 is 10.6 Å². The molecule has 0 spiro atoms. The van der Waals surface area contributed by atoms with Gasteiger partial charge in [0, 0.05) is 18.3 Å². The first-order chi connectivity index (χ1) is 10.0. The van der Waals surface area contributed by atoms with E-state index in [2.05, 4.69) is 24.5 Å². The zero-order valence-electron chi connectivity index (χ0n) is 13.7. The number of amides is 1. The number of anilines is 1. The number of benzene rings is 1. The smallest absolute Gasteiger partial charge is 0.253 e. The van der Waals surface area contributed by atoms with Crippen molar-refractivity contribution in [1.82, 2.24) is 5.32 Å². The van der Waals surface area contributed by atoms with Crippen molar-refractivity contribution < 1.29 is 4.79 Å². The lowest BCUT2D eigenvalue weighted by Crippen LogP contribution is -2.42. The number of nitrogens with one attached hydrogen (secondary N) is 2. The van der Waals surface area contributed by atoms with E-state index in [-0.39, 0.29) is 5.91 Å². The van der Waals surface area contributed by atoms with Crippen molar-refractivity contribution >= 4 is 11.6 Å². The van der Waals surface area contributed by atoms with Crippen LogP contribution in [0.3, 0.4) is 0 Å². The Kier molecular flexibility index (Phi) is 5.27. The summed E-state index contributed by atoms with van der Waals surface area (Å²) < 4.78 is 0. The first kappa shape index (κ1) is 15.9. The molecule has 0 aromatic heterocycles. The summed E-state index contributed by atoms with van der Waals surface area (Å²) in [4.78, 5) is 12.6. The van der Waals surface area contributed by atoms with Gasteiger partial charge >= 0.3 is 0 Å². The lowest BCUT2D eigenvalue weighted by molar-refractivity contribution is 0.0900. The molecule has 2 N–H and O–H groups in total. The maximum Gasteiger partial charge on any atom is 0.253 e. The van der Waals surface area contributed by atoms with E-state index < -0.39 is 0 Å². The van der Waals surface area contributed by atoms with Gasteiger partial charge in [0.2, 0.25) is 0 Å². The molecule has 0 radical (unpaired) electrons. The van der Waals surface area contributed by atoms with Gasteiger partial charge in [-0.1, -0.05) is 25.5 Å². The third kappa shape index (κ3) is 3.99. The van der Waals surface area contributed by atoms with Crippen LogP contribution in [0.25, 0.3) is 0 Å². The molecule has 3 atom stereocenters. The van der Waals surface area contributed by atoms with Crippen LogP contribution in [0.2, 0.25) is 0 Å². The number of hydrogen-bond acceptors (Lipinski definition) is 2. The average Bonchev–Trinajstić information content (AvgIpc) is 2.44. The number of carbonyl (C=O) groups is 1. The van der Waals surface area contributed by atoms with Gasteiger partial charge < -0.3 is 10.6 Å². The molecular formula is C18H28N2O. The van der Waals surface area contributed by atoms with Crippen LogP contribution in [0, 0.1) is 18.8 Å². The summed E-state index contributed by atoms with van der Waals surface area (Å²) in [7, 11) is 0. The molecule has 116 valence electrons. The Balaban J connectivity index is 2.11. The normalized spacial score (nSPS) is 25.4. The molecule has 0 saturated heterocycles. The molecule has 1 aliphatic carbocycles. The van der Waals surface area contributed by atoms with Gasteiger partial charge in [-0.2, -0.15) is 0 Å². The fourth-order valence-electron chi connectivity index (χ4n) is 3.32. The highest BCUT2D eigenvalue weighted by molar-refractivity contribution is 6.00. The minimum atomic E-state index is 0.0565. The van der Waals surface area contributed by atoms with Crippen molar-refractivity contribution in [3.05, 3.63) is 29.3 Å². The Labute approximate surface area is 128 Å². The van der Waals surface area contributed by atoms with Gasteiger partial charge in [-0.3, -0.25) is 4.79 Å². The SMILES string of the molecule is CCNc1ccc(C)cc1C(=O)NC1CCC(C)CC1C. The molecule has 3 nitrogen and oxygen atoms in total. The van der Waals surface area contributed by atoms with Crippen molar-refractivity contribution in [3.63, 3.8) is 0 Å². The Hall–Kier alpha value is -1.51. The van der Waals surface area contributed by atoms with E-state index in [0.29, 0.717) is 12.0 Å². The second kappa shape index (κ2) is 6.97. The lowest BCUT2D eigenvalue weighted by atomic mass is 9.80. The number of hydrogen-bond donors (Lipinski definition) is 2. The highest BCUT2D eigenvalue weighted by Gasteiger charge is 2.27. The zero-order valence-corrected chi connectivity index (χ0v) is 13.7. The van der Waals surface area contributed by atoms with Gasteiger partial charge in [-0.05, 0) is 57.1 Å². The largest absolute Gasteiger partial charge is 0.385 e. The molecular weight excluding hydrogens is 260 g/mol. The first-order valence-electron chi connectivity index (χ1n) is 8.16. The Bertz CT molecular complexity index is 498. The van der Waals surface area contributed by atoms with Gasteiger partial charge in [0.05, 0.1) is 5.56 Å². The Morgan fingerprint density at radius 3 is 2.71 bits per heavy atom. The molecule has 1 aromatic carbocycles. The number of carbonyl (C=O) groups excluding carboxylic acids is 1. The van der Waals surface area contributed by atoms with Crippen molar-refractivity contribution in [2.75, 3.05) is 11.9 Å². The maximum absolute atomic E-state index is 12.6. The number of rotatable bonds is 4. The summed E-state index contributed by atoms with van der Waals surface area (Å²) >= 11 is 0. The second-order valence-electron chi connectivity index (χ2n) is 6.55. The van der Waals surface area contributed by atoms with E-state index in [1.165, 1.54) is 12.8 Å². The predicted molar refractivity (Wildman–Crippen MR) is 88.8 cm³/mol. The van der Waals surface area contributed by atoms with Crippen LogP contribution in [0.4, 0.5) is 5.69 Å². The fourth-order valence-corrected chi connectivity index (χ4v) is 3.32. The predicted octanol–water partition coefficient (Wildman–Crippen LogP) is 3.98. The van der Waals surface area contributed by atoms with Crippen LogP contribution in [-0.2, 0) is 0 Å². The zero-order chi connectivity index (χ0) is 15.4. The standard InChI is InChI=1S/C18H28N2O/c1-5-19-17-9-7-13(3)11-15(17)18(21)20-16-8-6-12(2)10-14(16)4/h7,9,11-12,14,16,19H,5-6,8,10H2,1-4H3,(H,20,21). The molecule has 0 aliphatic heterocycles. The van der Waals surface area contributed by atoms with Gasteiger partial charge in [0.1, 0.15) is 0 Å². The van der Waals surface area contributed by atoms with Crippen LogP contribution >= 0.6 is 0 Å². The molecule has 1 aliphatic rings. The molecule has 1 amide bonds. The summed E-state index contributed by atoms with van der Waals surface area (Å²) in [6.07, 6.45) is 3.51. The van der Waals surface area contributed by atoms with E-state index in [0.717, 1.165) is 35.7 Å². The second-order valence-corrected chi connectivity index (χ2v) is 6.55. The Morgan fingerprint density at radius 2 is 2.05 bits per heavy atom. The van der Waals surface area contributed by atoms with E-state index in [9.17, 15) is 4.79 Å². The lowest BCUT2D eigenvalue weighted by Gasteiger charge is -2.33. The molecule has 2 rings (SSSR count). The van der Waals surface area contributed by atoms with Gasteiger partial charge in [0.25, 0.3) is 5.91 Å². The summed E-state index contributed by atoms with van der Waals surface area (Å²) in [5.41, 5.74) is 2.81. The fraction of sp³-hybridized carbons (Fsp3) is 0.611. The van der Waals surface area contributed by atoms with Crippen LogP contribution in [-0.4, -0.2) is 18.5 Å². The van der Waals surface area contributed by atoms with Crippen molar-refractivity contribution in [3.8, 4) is 0 Å². The third-order valence-electron chi connectivity index (χ3n) is 4.53. The highest BCUT2D eigenvalue weighted by Crippen LogP contribution is 2.29. The van der Waals surface area contributed by atoms with E-state index in [4.69, 9.17) is 0 Å². The quantitative estimate of drug-likeness (QED) is 0.880. The summed E-state index contributed by atoms with van der Waals surface area (Å²) in [5.74, 6) is 1.40. The van der Waals surface area contributed by atoms with E-state index in [1.807, 2.05) is 32.0 Å². The van der Waals surface area contributed by atoms with Crippen molar-refractivity contribution in [2.45, 2.75) is 53.0 Å². The molecule has 1 fully saturated rings. The maximum atomic E-state index is 12.6. The molecule has 3 heteroatoms. The van der Waals surface area contributed by atoms with E-state index >= 15 is 0 Å². The summed E-state index contributed by atoms with van der Waals surface area (Å²) in [6, 6.07) is 6.33. The summed E-state index contributed by atoms with van der Waals surface area (Å²) in [5, 5.41) is 6.53. The number of aryl methyl sites for hydroxylation is 1. The van der Waals surface area contributed by atoms with Crippen LogP contribution in [0.1, 0.15) is 56.0 Å². The van der Waals surface area contributed by atoms with Gasteiger partial charge in [-0.15, -0.1) is 0 Å². The molecule has 3 unspecified atom stereocenters. The molecule has 0 bridgehead atoms. The Morgan fingerprint density at radius 1 is 1.29 bits per heavy atom. The monoisotopic (exact) mass is 288 g/mol. The van der Waals surface area contributed by atoms with Gasteiger partial charge in [-0.25, -0.2) is 0 Å². The minimum Gasteiger partial charge on any atom is -0.385 e. The molecule has 0 heterocycles. The third-order valence-corrected chi connectivity index (χ3v) is 4.53. The summed E-state index contributed by atoms with van der Waals surface area (Å²) in [6.45, 7) is 9.45.